The summed E-state index contributed by atoms with van der Waals surface area (Å²) in [6.07, 6.45) is 1.57. The lowest BCUT2D eigenvalue weighted by atomic mass is 9.96. The van der Waals surface area contributed by atoms with Crippen molar-refractivity contribution in [1.29, 1.82) is 0 Å². The van der Waals surface area contributed by atoms with Crippen LogP contribution in [0.1, 0.15) is 28.7 Å². The summed E-state index contributed by atoms with van der Waals surface area (Å²) < 4.78 is 0. The number of aliphatic hydroxyl groups is 1. The fourth-order valence-electron chi connectivity index (χ4n) is 3.06. The van der Waals surface area contributed by atoms with Gasteiger partial charge in [0.15, 0.2) is 5.96 Å². The number of nitrogens with two attached hydrogens (primary N) is 1. The smallest absolute Gasteiger partial charge is 0.193 e. The summed E-state index contributed by atoms with van der Waals surface area (Å²) >= 11 is 0. The molecular formula is C19H23N3O. The first-order chi connectivity index (χ1) is 11.0. The Labute approximate surface area is 137 Å². The average molecular weight is 309 g/mol. The fourth-order valence-corrected chi connectivity index (χ4v) is 3.06. The fraction of sp³-hybridized carbons (Fsp3) is 0.316. The van der Waals surface area contributed by atoms with Crippen LogP contribution in [0.5, 0.6) is 0 Å². The standard InChI is InChI=1S/C19H23N3O/c1-13-7-8-16(11-14(13)2)22-18(20)21-12-19(23)10-9-15-5-3-4-6-17(15)19/h3-8,11,23H,9-10,12H2,1-2H3,(H3,20,21,22). The van der Waals surface area contributed by atoms with E-state index in [4.69, 9.17) is 5.73 Å². The number of fused-ring (bicyclic) bond motifs is 1. The number of hydrogen-bond acceptors (Lipinski definition) is 2. The van der Waals surface area contributed by atoms with Crippen LogP contribution in [0.15, 0.2) is 47.5 Å². The van der Waals surface area contributed by atoms with Crippen LogP contribution in [-0.2, 0) is 12.0 Å². The molecule has 1 aliphatic rings. The molecule has 23 heavy (non-hydrogen) atoms. The summed E-state index contributed by atoms with van der Waals surface area (Å²) in [4.78, 5) is 4.36. The van der Waals surface area contributed by atoms with Crippen molar-refractivity contribution in [3.63, 3.8) is 0 Å². The normalized spacial score (nSPS) is 20.4. The van der Waals surface area contributed by atoms with Gasteiger partial charge < -0.3 is 16.2 Å². The van der Waals surface area contributed by atoms with Crippen LogP contribution >= 0.6 is 0 Å². The Hall–Kier alpha value is -2.33. The minimum Gasteiger partial charge on any atom is -0.383 e. The van der Waals surface area contributed by atoms with Crippen molar-refractivity contribution in [2.75, 3.05) is 11.9 Å². The van der Waals surface area contributed by atoms with E-state index >= 15 is 0 Å². The third-order valence-corrected chi connectivity index (χ3v) is 4.62. The maximum absolute atomic E-state index is 10.8. The first-order valence-corrected chi connectivity index (χ1v) is 7.93. The zero-order valence-electron chi connectivity index (χ0n) is 13.6. The Morgan fingerprint density at radius 2 is 2.00 bits per heavy atom. The largest absolute Gasteiger partial charge is 0.383 e. The lowest BCUT2D eigenvalue weighted by Gasteiger charge is -2.22. The van der Waals surface area contributed by atoms with Gasteiger partial charge in [-0.15, -0.1) is 0 Å². The van der Waals surface area contributed by atoms with Gasteiger partial charge in [0.1, 0.15) is 5.60 Å². The minimum atomic E-state index is -0.911. The van der Waals surface area contributed by atoms with E-state index in [1.54, 1.807) is 0 Å². The molecule has 0 heterocycles. The van der Waals surface area contributed by atoms with Crippen LogP contribution in [0.3, 0.4) is 0 Å². The van der Waals surface area contributed by atoms with Gasteiger partial charge in [0.05, 0.1) is 6.54 Å². The predicted molar refractivity (Wildman–Crippen MR) is 94.7 cm³/mol. The van der Waals surface area contributed by atoms with Gasteiger partial charge in [0, 0.05) is 5.69 Å². The number of aryl methyl sites for hydroxylation is 3. The van der Waals surface area contributed by atoms with Crippen molar-refractivity contribution in [3.8, 4) is 0 Å². The number of aliphatic imine (C=N–C) groups is 1. The molecule has 4 N–H and O–H groups in total. The summed E-state index contributed by atoms with van der Waals surface area (Å²) in [7, 11) is 0. The molecule has 1 unspecified atom stereocenters. The molecule has 0 saturated heterocycles. The van der Waals surface area contributed by atoms with Crippen molar-refractivity contribution in [2.24, 2.45) is 10.7 Å². The predicted octanol–water partition coefficient (Wildman–Crippen LogP) is 2.86. The highest BCUT2D eigenvalue weighted by Crippen LogP contribution is 2.36. The second kappa shape index (κ2) is 6.05. The summed E-state index contributed by atoms with van der Waals surface area (Å²) in [5.41, 5.74) is 10.6. The van der Waals surface area contributed by atoms with Gasteiger partial charge in [0.2, 0.25) is 0 Å². The second-order valence-corrected chi connectivity index (χ2v) is 6.31. The SMILES string of the molecule is Cc1ccc(NC(N)=NCC2(O)CCc3ccccc32)cc1C. The zero-order valence-corrected chi connectivity index (χ0v) is 13.6. The molecule has 0 spiro atoms. The van der Waals surface area contributed by atoms with E-state index in [0.29, 0.717) is 12.4 Å². The molecule has 0 radical (unpaired) electrons. The molecule has 2 aromatic carbocycles. The molecule has 120 valence electrons. The number of nitrogens with zero attached hydrogens (tertiary/aromatic N) is 1. The first kappa shape index (κ1) is 15.6. The number of benzene rings is 2. The molecule has 0 saturated carbocycles. The number of rotatable bonds is 3. The van der Waals surface area contributed by atoms with Crippen LogP contribution < -0.4 is 11.1 Å². The van der Waals surface area contributed by atoms with Gasteiger partial charge in [-0.25, -0.2) is 4.99 Å². The number of hydrogen-bond donors (Lipinski definition) is 3. The molecule has 3 rings (SSSR count). The highest BCUT2D eigenvalue weighted by atomic mass is 16.3. The minimum absolute atomic E-state index is 0.272. The van der Waals surface area contributed by atoms with Crippen molar-refractivity contribution >= 4 is 11.6 Å². The third kappa shape index (κ3) is 3.22. The molecule has 0 aliphatic heterocycles. The monoisotopic (exact) mass is 309 g/mol. The average Bonchev–Trinajstić information content (AvgIpc) is 2.88. The number of nitrogens with one attached hydrogen (secondary N) is 1. The van der Waals surface area contributed by atoms with Crippen LogP contribution in [0, 0.1) is 13.8 Å². The van der Waals surface area contributed by atoms with Gasteiger partial charge in [-0.05, 0) is 61.1 Å². The van der Waals surface area contributed by atoms with Crippen LogP contribution in [-0.4, -0.2) is 17.6 Å². The van der Waals surface area contributed by atoms with Crippen LogP contribution in [0.2, 0.25) is 0 Å². The molecule has 1 atom stereocenters. The summed E-state index contributed by atoms with van der Waals surface area (Å²) in [5.74, 6) is 0.325. The van der Waals surface area contributed by atoms with E-state index < -0.39 is 5.60 Å². The summed E-state index contributed by atoms with van der Waals surface area (Å²) in [6.45, 7) is 4.41. The maximum atomic E-state index is 10.8. The summed E-state index contributed by atoms with van der Waals surface area (Å²) in [6, 6.07) is 14.1. The van der Waals surface area contributed by atoms with Crippen molar-refractivity contribution in [3.05, 3.63) is 64.7 Å². The Balaban J connectivity index is 1.71. The van der Waals surface area contributed by atoms with E-state index in [2.05, 4.69) is 30.2 Å². The quantitative estimate of drug-likeness (QED) is 0.603. The molecule has 0 amide bonds. The van der Waals surface area contributed by atoms with Crippen molar-refractivity contribution in [2.45, 2.75) is 32.3 Å². The number of anilines is 1. The molecule has 0 fully saturated rings. The van der Waals surface area contributed by atoms with Crippen LogP contribution in [0.25, 0.3) is 0 Å². The van der Waals surface area contributed by atoms with E-state index in [1.165, 1.54) is 16.7 Å². The van der Waals surface area contributed by atoms with Gasteiger partial charge in [-0.3, -0.25) is 0 Å². The Morgan fingerprint density at radius 1 is 1.22 bits per heavy atom. The van der Waals surface area contributed by atoms with Crippen LogP contribution in [0.4, 0.5) is 5.69 Å². The van der Waals surface area contributed by atoms with Gasteiger partial charge in [0.25, 0.3) is 0 Å². The first-order valence-electron chi connectivity index (χ1n) is 7.93. The highest BCUT2D eigenvalue weighted by Gasteiger charge is 2.36. The molecule has 2 aromatic rings. The molecule has 1 aliphatic carbocycles. The van der Waals surface area contributed by atoms with E-state index in [0.717, 1.165) is 17.7 Å². The molecule has 0 bridgehead atoms. The lowest BCUT2D eigenvalue weighted by molar-refractivity contribution is 0.0487. The number of guanidine groups is 1. The highest BCUT2D eigenvalue weighted by molar-refractivity contribution is 5.92. The van der Waals surface area contributed by atoms with Gasteiger partial charge in [-0.2, -0.15) is 0 Å². The molecule has 4 nitrogen and oxygen atoms in total. The Morgan fingerprint density at radius 3 is 2.78 bits per heavy atom. The van der Waals surface area contributed by atoms with Crippen molar-refractivity contribution in [1.82, 2.24) is 0 Å². The Kier molecular flexibility index (Phi) is 4.09. The third-order valence-electron chi connectivity index (χ3n) is 4.62. The maximum Gasteiger partial charge on any atom is 0.193 e. The topological polar surface area (TPSA) is 70.6 Å². The van der Waals surface area contributed by atoms with E-state index in [1.807, 2.05) is 36.4 Å². The molecule has 4 heteroatoms. The van der Waals surface area contributed by atoms with Gasteiger partial charge in [-0.1, -0.05) is 30.3 Å². The Bertz CT molecular complexity index is 754. The van der Waals surface area contributed by atoms with Crippen molar-refractivity contribution < 1.29 is 5.11 Å². The van der Waals surface area contributed by atoms with E-state index in [-0.39, 0.29) is 6.54 Å². The summed E-state index contributed by atoms with van der Waals surface area (Å²) in [5, 5.41) is 13.9. The lowest BCUT2D eigenvalue weighted by Crippen LogP contribution is -2.30. The zero-order chi connectivity index (χ0) is 16.4. The van der Waals surface area contributed by atoms with E-state index in [9.17, 15) is 5.11 Å². The molecule has 0 aromatic heterocycles. The molecular weight excluding hydrogens is 286 g/mol. The van der Waals surface area contributed by atoms with Gasteiger partial charge >= 0.3 is 0 Å². The second-order valence-electron chi connectivity index (χ2n) is 6.31.